The Labute approximate surface area is 185 Å². The molecule has 0 fully saturated rings. The Kier molecular flexibility index (Phi) is 7.29. The number of benzene rings is 3. The van der Waals surface area contributed by atoms with E-state index < -0.39 is 0 Å². The zero-order valence-electron chi connectivity index (χ0n) is 17.3. The van der Waals surface area contributed by atoms with Gasteiger partial charge in [0.25, 0.3) is 5.91 Å². The Bertz CT molecular complexity index is 1050. The lowest BCUT2D eigenvalue weighted by atomic mass is 10.2. The van der Waals surface area contributed by atoms with Crippen molar-refractivity contribution in [3.8, 4) is 28.7 Å². The summed E-state index contributed by atoms with van der Waals surface area (Å²) < 4.78 is 22.1. The largest absolute Gasteiger partial charge is 0.493 e. The molecule has 8 heteroatoms. The first-order valence-corrected chi connectivity index (χ1v) is 9.70. The molecule has 2 N–H and O–H groups in total. The molecule has 0 saturated heterocycles. The molecular formula is C23H22N2O5S. The van der Waals surface area contributed by atoms with Crippen LogP contribution in [0, 0.1) is 0 Å². The number of hydrogen-bond acceptors (Lipinski definition) is 6. The second-order valence-electron chi connectivity index (χ2n) is 6.23. The monoisotopic (exact) mass is 438 g/mol. The summed E-state index contributed by atoms with van der Waals surface area (Å²) in [6.07, 6.45) is 0. The summed E-state index contributed by atoms with van der Waals surface area (Å²) in [5.74, 6) is 2.06. The van der Waals surface area contributed by atoms with Gasteiger partial charge in [0.05, 0.1) is 27.0 Å². The van der Waals surface area contributed by atoms with E-state index in [-0.39, 0.29) is 11.0 Å². The normalized spacial score (nSPS) is 10.0. The van der Waals surface area contributed by atoms with Crippen LogP contribution >= 0.6 is 12.2 Å². The van der Waals surface area contributed by atoms with E-state index in [4.69, 9.17) is 31.2 Å². The number of para-hydroxylation sites is 2. The molecule has 0 saturated carbocycles. The van der Waals surface area contributed by atoms with E-state index in [9.17, 15) is 4.79 Å². The number of hydrogen-bond donors (Lipinski definition) is 2. The van der Waals surface area contributed by atoms with Crippen LogP contribution in [0.25, 0.3) is 0 Å². The average Bonchev–Trinajstić information content (AvgIpc) is 2.80. The van der Waals surface area contributed by atoms with Gasteiger partial charge in [0.2, 0.25) is 5.75 Å². The first-order chi connectivity index (χ1) is 15.0. The van der Waals surface area contributed by atoms with Gasteiger partial charge in [-0.25, -0.2) is 0 Å². The molecule has 3 aromatic carbocycles. The Balaban J connectivity index is 1.78. The minimum atomic E-state index is -0.305. The third-order valence-corrected chi connectivity index (χ3v) is 4.47. The average molecular weight is 439 g/mol. The topological polar surface area (TPSA) is 78.1 Å². The van der Waals surface area contributed by atoms with E-state index in [0.717, 1.165) is 0 Å². The molecule has 1 amide bonds. The highest BCUT2D eigenvalue weighted by molar-refractivity contribution is 7.80. The second kappa shape index (κ2) is 10.3. The van der Waals surface area contributed by atoms with Crippen LogP contribution in [0.4, 0.5) is 5.69 Å². The van der Waals surface area contributed by atoms with E-state index in [2.05, 4.69) is 10.6 Å². The number of carbonyl (C=O) groups excluding carboxylic acids is 1. The van der Waals surface area contributed by atoms with Crippen LogP contribution in [-0.4, -0.2) is 32.3 Å². The zero-order valence-corrected chi connectivity index (χ0v) is 18.1. The number of anilines is 1. The molecule has 0 unspecified atom stereocenters. The number of rotatable bonds is 7. The van der Waals surface area contributed by atoms with Crippen molar-refractivity contribution in [2.24, 2.45) is 0 Å². The molecule has 0 aliphatic rings. The van der Waals surface area contributed by atoms with Crippen molar-refractivity contribution in [3.05, 3.63) is 72.3 Å². The highest BCUT2D eigenvalue weighted by Crippen LogP contribution is 2.42. The third kappa shape index (κ3) is 5.43. The molecule has 0 aliphatic carbocycles. The maximum atomic E-state index is 12.3. The summed E-state index contributed by atoms with van der Waals surface area (Å²) in [6, 6.07) is 19.4. The van der Waals surface area contributed by atoms with Crippen LogP contribution in [0.1, 0.15) is 10.4 Å². The predicted octanol–water partition coefficient (Wildman–Crippen LogP) is 4.63. The fourth-order valence-corrected chi connectivity index (χ4v) is 3.02. The van der Waals surface area contributed by atoms with E-state index in [1.807, 2.05) is 18.2 Å². The van der Waals surface area contributed by atoms with Gasteiger partial charge in [-0.15, -0.1) is 0 Å². The van der Waals surface area contributed by atoms with Gasteiger partial charge in [-0.1, -0.05) is 30.3 Å². The van der Waals surface area contributed by atoms with Crippen molar-refractivity contribution in [3.63, 3.8) is 0 Å². The maximum absolute atomic E-state index is 12.3. The fourth-order valence-electron chi connectivity index (χ4n) is 2.82. The van der Waals surface area contributed by atoms with Crippen molar-refractivity contribution in [2.75, 3.05) is 26.6 Å². The molecule has 0 radical (unpaired) electrons. The Hall–Kier alpha value is -3.78. The van der Waals surface area contributed by atoms with Gasteiger partial charge in [0.1, 0.15) is 5.75 Å². The molecule has 160 valence electrons. The standard InChI is InChI=1S/C23H22N2O5S/c1-27-19-13-16(14-20(28-2)21(19)29-3)30-18-12-8-7-11-17(18)24-23(31)25-22(26)15-9-5-4-6-10-15/h4-14H,1-3H3,(H2,24,25,26,31). The Morgan fingerprint density at radius 3 is 2.03 bits per heavy atom. The number of ether oxygens (including phenoxy) is 4. The number of amides is 1. The Morgan fingerprint density at radius 2 is 1.42 bits per heavy atom. The van der Waals surface area contributed by atoms with Crippen LogP contribution < -0.4 is 29.6 Å². The summed E-state index contributed by atoms with van der Waals surface area (Å²) >= 11 is 5.29. The summed E-state index contributed by atoms with van der Waals surface area (Å²) in [4.78, 5) is 12.3. The molecule has 3 rings (SSSR count). The van der Waals surface area contributed by atoms with Crippen LogP contribution in [0.5, 0.6) is 28.7 Å². The smallest absolute Gasteiger partial charge is 0.257 e. The summed E-state index contributed by atoms with van der Waals surface area (Å²) in [5, 5.41) is 5.80. The zero-order chi connectivity index (χ0) is 22.2. The third-order valence-electron chi connectivity index (χ3n) is 4.26. The number of methoxy groups -OCH3 is 3. The number of carbonyl (C=O) groups is 1. The van der Waals surface area contributed by atoms with Crippen molar-refractivity contribution in [2.45, 2.75) is 0 Å². The van der Waals surface area contributed by atoms with Gasteiger partial charge >= 0.3 is 0 Å². The summed E-state index contributed by atoms with van der Waals surface area (Å²) in [6.45, 7) is 0. The van der Waals surface area contributed by atoms with Crippen LogP contribution in [0.2, 0.25) is 0 Å². The second-order valence-corrected chi connectivity index (χ2v) is 6.64. The molecule has 7 nitrogen and oxygen atoms in total. The lowest BCUT2D eigenvalue weighted by molar-refractivity contribution is 0.0977. The van der Waals surface area contributed by atoms with Gasteiger partial charge < -0.3 is 24.3 Å². The first kappa shape index (κ1) is 21.9. The van der Waals surface area contributed by atoms with Crippen molar-refractivity contribution in [1.29, 1.82) is 0 Å². The van der Waals surface area contributed by atoms with Gasteiger partial charge in [-0.05, 0) is 36.5 Å². The highest BCUT2D eigenvalue weighted by Gasteiger charge is 2.16. The van der Waals surface area contributed by atoms with Gasteiger partial charge in [0, 0.05) is 17.7 Å². The van der Waals surface area contributed by atoms with E-state index in [0.29, 0.717) is 40.0 Å². The van der Waals surface area contributed by atoms with Gasteiger partial charge in [-0.2, -0.15) is 0 Å². The minimum Gasteiger partial charge on any atom is -0.493 e. The van der Waals surface area contributed by atoms with Crippen molar-refractivity contribution in [1.82, 2.24) is 5.32 Å². The molecule has 0 spiro atoms. The lowest BCUT2D eigenvalue weighted by Crippen LogP contribution is -2.34. The number of thiocarbonyl (C=S) groups is 1. The first-order valence-electron chi connectivity index (χ1n) is 9.30. The molecule has 0 aromatic heterocycles. The van der Waals surface area contributed by atoms with Crippen LogP contribution in [-0.2, 0) is 0 Å². The summed E-state index contributed by atoms with van der Waals surface area (Å²) in [5.41, 5.74) is 1.09. The van der Waals surface area contributed by atoms with Crippen molar-refractivity contribution >= 4 is 28.9 Å². The van der Waals surface area contributed by atoms with Gasteiger partial charge in [-0.3, -0.25) is 10.1 Å². The van der Waals surface area contributed by atoms with E-state index in [1.54, 1.807) is 48.5 Å². The fraction of sp³-hybridized carbons (Fsp3) is 0.130. The molecule has 0 bridgehead atoms. The summed E-state index contributed by atoms with van der Waals surface area (Å²) in [7, 11) is 4.60. The molecule has 3 aromatic rings. The molecule has 0 heterocycles. The van der Waals surface area contributed by atoms with Crippen molar-refractivity contribution < 1.29 is 23.7 Å². The molecular weight excluding hydrogens is 416 g/mol. The minimum absolute atomic E-state index is 0.148. The van der Waals surface area contributed by atoms with E-state index in [1.165, 1.54) is 21.3 Å². The molecule has 31 heavy (non-hydrogen) atoms. The number of nitrogens with one attached hydrogen (secondary N) is 2. The van der Waals surface area contributed by atoms with Crippen LogP contribution in [0.3, 0.4) is 0 Å². The quantitative estimate of drug-likeness (QED) is 0.521. The predicted molar refractivity (Wildman–Crippen MR) is 123 cm³/mol. The van der Waals surface area contributed by atoms with Crippen LogP contribution in [0.15, 0.2) is 66.7 Å². The SMILES string of the molecule is COc1cc(Oc2ccccc2NC(=S)NC(=O)c2ccccc2)cc(OC)c1OC. The lowest BCUT2D eigenvalue weighted by Gasteiger charge is -2.17. The van der Waals surface area contributed by atoms with E-state index >= 15 is 0 Å². The molecule has 0 aliphatic heterocycles. The van der Waals surface area contributed by atoms with Gasteiger partial charge in [0.15, 0.2) is 22.4 Å². The Morgan fingerprint density at radius 1 is 0.806 bits per heavy atom. The molecule has 0 atom stereocenters. The maximum Gasteiger partial charge on any atom is 0.257 e. The highest BCUT2D eigenvalue weighted by atomic mass is 32.1.